The highest BCUT2D eigenvalue weighted by Gasteiger charge is 2.46. The van der Waals surface area contributed by atoms with Gasteiger partial charge in [0.1, 0.15) is 18.0 Å². The SMILES string of the molecule is CCCCC1=Nc2ccccc2[N+]1(Cc1ccc(OC(C(=O)O)c2ccccc2)cc1)NC(=O)N(C)C. The van der Waals surface area contributed by atoms with Gasteiger partial charge in [0.2, 0.25) is 11.9 Å². The fraction of sp³-hybridized carbons (Fsp3) is 0.276. The van der Waals surface area contributed by atoms with E-state index in [2.05, 4.69) is 12.3 Å². The average molecular weight is 502 g/mol. The van der Waals surface area contributed by atoms with Crippen molar-refractivity contribution in [1.29, 1.82) is 0 Å². The molecule has 2 amide bonds. The first-order valence-electron chi connectivity index (χ1n) is 12.4. The molecule has 8 heteroatoms. The minimum absolute atomic E-state index is 0.106. The third-order valence-electron chi connectivity index (χ3n) is 6.35. The number of quaternary nitrogens is 1. The van der Waals surface area contributed by atoms with Crippen molar-refractivity contribution in [1.82, 2.24) is 14.9 Å². The lowest BCUT2D eigenvalue weighted by molar-refractivity contribution is -0.145. The number of urea groups is 1. The smallest absolute Gasteiger partial charge is 0.361 e. The van der Waals surface area contributed by atoms with Crippen molar-refractivity contribution in [2.24, 2.45) is 4.99 Å². The molecule has 192 valence electrons. The summed E-state index contributed by atoms with van der Waals surface area (Å²) in [5.41, 5.74) is 6.50. The molecule has 1 heterocycles. The highest BCUT2D eigenvalue weighted by molar-refractivity contribution is 6.03. The standard InChI is InChI=1S/C29H32N4O4/c1-4-5-15-26-30-24-13-9-10-14-25(24)33(26,31-29(36)32(2)3)20-21-16-18-23(19-17-21)37-27(28(34)35)22-11-7-6-8-12-22/h6-14,16-19,27H,4-5,15,20H2,1-3H3,(H-,31,34,35,36)/p+1. The highest BCUT2D eigenvalue weighted by Crippen LogP contribution is 2.42. The lowest BCUT2D eigenvalue weighted by Gasteiger charge is -2.35. The molecular weight excluding hydrogens is 468 g/mol. The number of amides is 2. The largest absolute Gasteiger partial charge is 0.478 e. The lowest BCUT2D eigenvalue weighted by Crippen LogP contribution is -2.65. The van der Waals surface area contributed by atoms with Crippen molar-refractivity contribution in [3.63, 3.8) is 0 Å². The number of amidine groups is 1. The van der Waals surface area contributed by atoms with Gasteiger partial charge in [0.05, 0.1) is 0 Å². The van der Waals surface area contributed by atoms with Crippen LogP contribution >= 0.6 is 0 Å². The molecule has 8 nitrogen and oxygen atoms in total. The number of nitrogens with zero attached hydrogens (tertiary/aromatic N) is 3. The van der Waals surface area contributed by atoms with Gasteiger partial charge in [0.25, 0.3) is 0 Å². The van der Waals surface area contributed by atoms with Crippen LogP contribution in [0.3, 0.4) is 0 Å². The van der Waals surface area contributed by atoms with Crippen LogP contribution in [-0.2, 0) is 11.3 Å². The summed E-state index contributed by atoms with van der Waals surface area (Å²) in [5.74, 6) is 0.274. The van der Waals surface area contributed by atoms with Gasteiger partial charge in [0.15, 0.2) is 5.69 Å². The first-order chi connectivity index (χ1) is 17.8. The highest BCUT2D eigenvalue weighted by atomic mass is 16.5. The second-order valence-electron chi connectivity index (χ2n) is 9.29. The summed E-state index contributed by atoms with van der Waals surface area (Å²) in [4.78, 5) is 31.3. The van der Waals surface area contributed by atoms with E-state index < -0.39 is 12.1 Å². The van der Waals surface area contributed by atoms with E-state index in [1.54, 1.807) is 50.5 Å². The predicted octanol–water partition coefficient (Wildman–Crippen LogP) is 5.82. The molecule has 3 aromatic rings. The molecule has 2 atom stereocenters. The summed E-state index contributed by atoms with van der Waals surface area (Å²) in [6, 6.07) is 23.9. The maximum Gasteiger partial charge on any atom is 0.361 e. The maximum absolute atomic E-state index is 13.0. The van der Waals surface area contributed by atoms with Crippen molar-refractivity contribution in [2.45, 2.75) is 38.8 Å². The minimum atomic E-state index is -1.11. The average Bonchev–Trinajstić information content (AvgIpc) is 3.19. The van der Waals surface area contributed by atoms with Gasteiger partial charge in [-0.15, -0.1) is 4.59 Å². The normalized spacial score (nSPS) is 16.9. The third kappa shape index (κ3) is 5.65. The van der Waals surface area contributed by atoms with E-state index >= 15 is 0 Å². The molecule has 37 heavy (non-hydrogen) atoms. The summed E-state index contributed by atoms with van der Waals surface area (Å²) < 4.78 is 5.94. The molecule has 4 rings (SSSR count). The Hall–Kier alpha value is -4.17. The van der Waals surface area contributed by atoms with E-state index in [4.69, 9.17) is 9.73 Å². The summed E-state index contributed by atoms with van der Waals surface area (Å²) in [5, 5.41) is 9.70. The van der Waals surface area contributed by atoms with Crippen molar-refractivity contribution >= 4 is 29.2 Å². The Morgan fingerprint density at radius 1 is 1.00 bits per heavy atom. The zero-order valence-corrected chi connectivity index (χ0v) is 21.4. The Morgan fingerprint density at radius 2 is 1.68 bits per heavy atom. The number of nitrogens with one attached hydrogen (secondary N) is 1. The molecule has 3 aromatic carbocycles. The first kappa shape index (κ1) is 25.9. The molecule has 2 unspecified atom stereocenters. The van der Waals surface area contributed by atoms with Crippen LogP contribution in [-0.4, -0.2) is 41.9 Å². The number of carbonyl (C=O) groups excluding carboxylic acids is 1. The number of carboxylic acid groups (broad SMARTS) is 1. The van der Waals surface area contributed by atoms with Gasteiger partial charge < -0.3 is 14.7 Å². The molecule has 0 aliphatic carbocycles. The van der Waals surface area contributed by atoms with Crippen LogP contribution in [0.2, 0.25) is 0 Å². The zero-order valence-electron chi connectivity index (χ0n) is 21.4. The fourth-order valence-corrected chi connectivity index (χ4v) is 4.40. The van der Waals surface area contributed by atoms with Gasteiger partial charge in [-0.2, -0.15) is 10.4 Å². The number of hydrogen-bond donors (Lipinski definition) is 2. The van der Waals surface area contributed by atoms with E-state index in [0.29, 0.717) is 17.9 Å². The number of carboxylic acids is 1. The summed E-state index contributed by atoms with van der Waals surface area (Å²) in [6.45, 7) is 2.58. The quantitative estimate of drug-likeness (QED) is 0.343. The van der Waals surface area contributed by atoms with Crippen molar-refractivity contribution in [3.8, 4) is 5.75 Å². The number of para-hydroxylation sites is 2. The van der Waals surface area contributed by atoms with Crippen LogP contribution in [0, 0.1) is 0 Å². The number of ether oxygens (including phenoxy) is 1. The molecule has 1 aliphatic heterocycles. The van der Waals surface area contributed by atoms with Gasteiger partial charge in [0, 0.05) is 37.7 Å². The van der Waals surface area contributed by atoms with E-state index in [1.807, 2.05) is 42.5 Å². The van der Waals surface area contributed by atoms with E-state index in [-0.39, 0.29) is 10.6 Å². The van der Waals surface area contributed by atoms with Crippen LogP contribution in [0.4, 0.5) is 16.2 Å². The predicted molar refractivity (Wildman–Crippen MR) is 145 cm³/mol. The van der Waals surface area contributed by atoms with Gasteiger partial charge in [-0.05, 0) is 36.8 Å². The lowest BCUT2D eigenvalue weighted by atomic mass is 10.1. The molecule has 0 spiro atoms. The van der Waals surface area contributed by atoms with Crippen LogP contribution < -0.4 is 14.8 Å². The number of aliphatic imine (C=N–C) groups is 1. The van der Waals surface area contributed by atoms with Crippen LogP contribution in [0.5, 0.6) is 5.75 Å². The first-order valence-corrected chi connectivity index (χ1v) is 12.4. The van der Waals surface area contributed by atoms with Gasteiger partial charge in [-0.1, -0.05) is 55.8 Å². The van der Waals surface area contributed by atoms with Crippen LogP contribution in [0.15, 0.2) is 83.9 Å². The summed E-state index contributed by atoms with van der Waals surface area (Å²) >= 11 is 0. The number of aliphatic carboxylic acids is 1. The van der Waals surface area contributed by atoms with E-state index in [0.717, 1.165) is 42.0 Å². The number of fused-ring (bicyclic) bond motifs is 1. The Bertz CT molecular complexity index is 1270. The topological polar surface area (TPSA) is 91.2 Å². The number of unbranched alkanes of at least 4 members (excludes halogenated alkanes) is 1. The second-order valence-corrected chi connectivity index (χ2v) is 9.29. The maximum atomic E-state index is 13.0. The van der Waals surface area contributed by atoms with E-state index in [9.17, 15) is 14.7 Å². The molecule has 0 bridgehead atoms. The van der Waals surface area contributed by atoms with E-state index in [1.165, 1.54) is 4.90 Å². The minimum Gasteiger partial charge on any atom is -0.478 e. The molecule has 0 saturated heterocycles. The Kier molecular flexibility index (Phi) is 7.89. The number of rotatable bonds is 10. The molecular formula is C29H33N4O4+. The molecule has 0 radical (unpaired) electrons. The Balaban J connectivity index is 1.65. The number of benzene rings is 3. The number of hydrogen-bond acceptors (Lipinski definition) is 4. The van der Waals surface area contributed by atoms with Gasteiger partial charge in [-0.3, -0.25) is 0 Å². The third-order valence-corrected chi connectivity index (χ3v) is 6.35. The Morgan fingerprint density at radius 3 is 2.32 bits per heavy atom. The zero-order chi connectivity index (χ0) is 26.4. The Labute approximate surface area is 217 Å². The second kappa shape index (κ2) is 11.3. The molecule has 2 N–H and O–H groups in total. The summed E-state index contributed by atoms with van der Waals surface area (Å²) in [6.07, 6.45) is 1.60. The van der Waals surface area contributed by atoms with Gasteiger partial charge >= 0.3 is 12.0 Å². The number of carbonyl (C=O) groups is 2. The van der Waals surface area contributed by atoms with Gasteiger partial charge in [-0.25, -0.2) is 9.59 Å². The van der Waals surface area contributed by atoms with Crippen molar-refractivity contribution in [3.05, 3.63) is 90.0 Å². The molecule has 1 aliphatic rings. The van der Waals surface area contributed by atoms with Crippen molar-refractivity contribution in [2.75, 3.05) is 14.1 Å². The monoisotopic (exact) mass is 501 g/mol. The van der Waals surface area contributed by atoms with Crippen LogP contribution in [0.1, 0.15) is 43.4 Å². The van der Waals surface area contributed by atoms with Crippen LogP contribution in [0.25, 0.3) is 0 Å². The summed E-state index contributed by atoms with van der Waals surface area (Å²) in [7, 11) is 3.43. The molecule has 0 fully saturated rings. The van der Waals surface area contributed by atoms with Crippen molar-refractivity contribution < 1.29 is 19.4 Å². The fourth-order valence-electron chi connectivity index (χ4n) is 4.40. The molecule has 0 aromatic heterocycles. The molecule has 0 saturated carbocycles.